The number of para-hydroxylation sites is 1. The summed E-state index contributed by atoms with van der Waals surface area (Å²) in [6.07, 6.45) is 0.512. The van der Waals surface area contributed by atoms with Gasteiger partial charge in [0.1, 0.15) is 0 Å². The predicted octanol–water partition coefficient (Wildman–Crippen LogP) is 3.16. The van der Waals surface area contributed by atoms with E-state index < -0.39 is 0 Å². The lowest BCUT2D eigenvalue weighted by molar-refractivity contribution is -0.116. The quantitative estimate of drug-likeness (QED) is 0.721. The maximum Gasteiger partial charge on any atom is 0.226 e. The van der Waals surface area contributed by atoms with Crippen LogP contribution in [-0.2, 0) is 4.79 Å². The summed E-state index contributed by atoms with van der Waals surface area (Å²) in [6, 6.07) is 6.12. The summed E-state index contributed by atoms with van der Waals surface area (Å²) >= 11 is 0. The van der Waals surface area contributed by atoms with E-state index in [2.05, 4.69) is 44.4 Å². The zero-order valence-corrected chi connectivity index (χ0v) is 10.9. The molecule has 2 rings (SSSR count). The molecule has 0 fully saturated rings. The number of hydrogen-bond donors (Lipinski definition) is 2. The van der Waals surface area contributed by atoms with Crippen molar-refractivity contribution in [2.24, 2.45) is 5.41 Å². The molecule has 1 amide bonds. The molecule has 2 N–H and O–H groups in total. The standard InChI is InChI=1S/C14H20N2O/c1-9-6-5-7-10-13(9)16-11(14(2,3)4)8-12(17)15-10/h5-7,11,16H,8H2,1-4H3,(H,15,17). The number of amides is 1. The first kappa shape index (κ1) is 12.0. The number of nitrogens with one attached hydrogen (secondary N) is 2. The topological polar surface area (TPSA) is 41.1 Å². The van der Waals surface area contributed by atoms with E-state index in [0.29, 0.717) is 6.42 Å². The Kier molecular flexibility index (Phi) is 2.86. The Morgan fingerprint density at radius 3 is 2.65 bits per heavy atom. The Morgan fingerprint density at radius 1 is 1.29 bits per heavy atom. The lowest BCUT2D eigenvalue weighted by Gasteiger charge is -2.30. The van der Waals surface area contributed by atoms with E-state index in [1.165, 1.54) is 5.56 Å². The molecule has 1 atom stereocenters. The van der Waals surface area contributed by atoms with Gasteiger partial charge >= 0.3 is 0 Å². The lowest BCUT2D eigenvalue weighted by atomic mass is 9.84. The molecular weight excluding hydrogens is 212 g/mol. The Balaban J connectivity index is 2.42. The summed E-state index contributed by atoms with van der Waals surface area (Å²) < 4.78 is 0. The molecule has 17 heavy (non-hydrogen) atoms. The van der Waals surface area contributed by atoms with Crippen molar-refractivity contribution in [3.05, 3.63) is 23.8 Å². The first-order chi connectivity index (χ1) is 7.88. The molecule has 1 aliphatic rings. The highest BCUT2D eigenvalue weighted by Crippen LogP contribution is 2.34. The summed E-state index contributed by atoms with van der Waals surface area (Å²) in [6.45, 7) is 8.52. The van der Waals surface area contributed by atoms with Crippen LogP contribution >= 0.6 is 0 Å². The van der Waals surface area contributed by atoms with Crippen LogP contribution < -0.4 is 10.6 Å². The van der Waals surface area contributed by atoms with Gasteiger partial charge < -0.3 is 10.6 Å². The number of hydrogen-bond acceptors (Lipinski definition) is 2. The van der Waals surface area contributed by atoms with Crippen LogP contribution in [0.25, 0.3) is 0 Å². The minimum absolute atomic E-state index is 0.0568. The van der Waals surface area contributed by atoms with Gasteiger partial charge in [-0.15, -0.1) is 0 Å². The molecule has 92 valence electrons. The maximum absolute atomic E-state index is 11.9. The lowest BCUT2D eigenvalue weighted by Crippen LogP contribution is -2.35. The zero-order chi connectivity index (χ0) is 12.6. The smallest absolute Gasteiger partial charge is 0.226 e. The van der Waals surface area contributed by atoms with Gasteiger partial charge in [-0.25, -0.2) is 0 Å². The molecule has 0 bridgehead atoms. The van der Waals surface area contributed by atoms with Crippen LogP contribution in [0.4, 0.5) is 11.4 Å². The highest BCUT2D eigenvalue weighted by Gasteiger charge is 2.30. The third-order valence-electron chi connectivity index (χ3n) is 3.30. The molecule has 0 aliphatic carbocycles. The van der Waals surface area contributed by atoms with E-state index in [-0.39, 0.29) is 17.4 Å². The molecule has 0 aromatic heterocycles. The van der Waals surface area contributed by atoms with E-state index in [1.54, 1.807) is 0 Å². The van der Waals surface area contributed by atoms with Crippen molar-refractivity contribution < 1.29 is 4.79 Å². The Bertz CT molecular complexity index is 446. The molecule has 1 aromatic rings. The summed E-state index contributed by atoms with van der Waals surface area (Å²) in [4.78, 5) is 11.9. The molecule has 0 saturated heterocycles. The van der Waals surface area contributed by atoms with Crippen LogP contribution in [0.2, 0.25) is 0 Å². The monoisotopic (exact) mass is 232 g/mol. The van der Waals surface area contributed by atoms with Gasteiger partial charge in [0, 0.05) is 12.5 Å². The molecule has 0 spiro atoms. The van der Waals surface area contributed by atoms with Crippen LogP contribution in [0.3, 0.4) is 0 Å². The van der Waals surface area contributed by atoms with Gasteiger partial charge in [-0.05, 0) is 24.0 Å². The minimum Gasteiger partial charge on any atom is -0.379 e. The second kappa shape index (κ2) is 4.06. The van der Waals surface area contributed by atoms with Crippen LogP contribution in [0.5, 0.6) is 0 Å². The number of aryl methyl sites for hydroxylation is 1. The fraction of sp³-hybridized carbons (Fsp3) is 0.500. The van der Waals surface area contributed by atoms with Gasteiger partial charge in [-0.2, -0.15) is 0 Å². The maximum atomic E-state index is 11.9. The van der Waals surface area contributed by atoms with E-state index in [0.717, 1.165) is 11.4 Å². The van der Waals surface area contributed by atoms with Crippen molar-refractivity contribution >= 4 is 17.3 Å². The second-order valence-corrected chi connectivity index (χ2v) is 5.81. The third-order valence-corrected chi connectivity index (χ3v) is 3.30. The minimum atomic E-state index is 0.0568. The third kappa shape index (κ3) is 2.43. The summed E-state index contributed by atoms with van der Waals surface area (Å²) in [7, 11) is 0. The zero-order valence-electron chi connectivity index (χ0n) is 10.9. The van der Waals surface area contributed by atoms with E-state index in [9.17, 15) is 4.79 Å². The van der Waals surface area contributed by atoms with Gasteiger partial charge in [0.25, 0.3) is 0 Å². The predicted molar refractivity (Wildman–Crippen MR) is 71.3 cm³/mol. The van der Waals surface area contributed by atoms with Gasteiger partial charge in [0.05, 0.1) is 11.4 Å². The van der Waals surface area contributed by atoms with E-state index >= 15 is 0 Å². The van der Waals surface area contributed by atoms with Gasteiger partial charge in [0.15, 0.2) is 0 Å². The second-order valence-electron chi connectivity index (χ2n) is 5.81. The number of anilines is 2. The molecule has 3 heteroatoms. The van der Waals surface area contributed by atoms with Gasteiger partial charge in [0.2, 0.25) is 5.91 Å². The number of benzene rings is 1. The number of carbonyl (C=O) groups is 1. The van der Waals surface area contributed by atoms with Crippen molar-refractivity contribution in [2.45, 2.75) is 40.2 Å². The highest BCUT2D eigenvalue weighted by molar-refractivity contribution is 5.97. The Hall–Kier alpha value is -1.51. The highest BCUT2D eigenvalue weighted by atomic mass is 16.1. The molecule has 1 unspecified atom stereocenters. The largest absolute Gasteiger partial charge is 0.379 e. The normalized spacial score (nSPS) is 20.0. The van der Waals surface area contributed by atoms with Crippen molar-refractivity contribution in [1.82, 2.24) is 0 Å². The Morgan fingerprint density at radius 2 is 2.00 bits per heavy atom. The van der Waals surface area contributed by atoms with Crippen LogP contribution in [0.1, 0.15) is 32.8 Å². The van der Waals surface area contributed by atoms with Crippen molar-refractivity contribution in [3.8, 4) is 0 Å². The fourth-order valence-electron chi connectivity index (χ4n) is 2.10. The summed E-state index contributed by atoms with van der Waals surface area (Å²) in [5.41, 5.74) is 3.17. The molecule has 1 aromatic carbocycles. The van der Waals surface area contributed by atoms with Gasteiger partial charge in [-0.1, -0.05) is 32.9 Å². The average molecular weight is 232 g/mol. The molecule has 1 aliphatic heterocycles. The Labute approximate surface area is 103 Å². The van der Waals surface area contributed by atoms with Crippen LogP contribution in [-0.4, -0.2) is 11.9 Å². The average Bonchev–Trinajstić information content (AvgIpc) is 2.36. The molecular formula is C14H20N2O. The first-order valence-corrected chi connectivity index (χ1v) is 6.04. The molecule has 1 heterocycles. The van der Waals surface area contributed by atoms with E-state index in [1.807, 2.05) is 12.1 Å². The molecule has 3 nitrogen and oxygen atoms in total. The van der Waals surface area contributed by atoms with Gasteiger partial charge in [-0.3, -0.25) is 4.79 Å². The molecule has 0 saturated carbocycles. The van der Waals surface area contributed by atoms with Crippen LogP contribution in [0.15, 0.2) is 18.2 Å². The summed E-state index contributed by atoms with van der Waals surface area (Å²) in [5, 5.41) is 6.48. The summed E-state index contributed by atoms with van der Waals surface area (Å²) in [5.74, 6) is 0.0850. The van der Waals surface area contributed by atoms with Crippen LogP contribution in [0, 0.1) is 12.3 Å². The van der Waals surface area contributed by atoms with Crippen molar-refractivity contribution in [1.29, 1.82) is 0 Å². The number of rotatable bonds is 0. The SMILES string of the molecule is Cc1cccc2c1NC(C(C)(C)C)CC(=O)N2. The first-order valence-electron chi connectivity index (χ1n) is 6.04. The van der Waals surface area contributed by atoms with Crippen molar-refractivity contribution in [2.75, 3.05) is 10.6 Å². The molecule has 0 radical (unpaired) electrons. The number of fused-ring (bicyclic) bond motifs is 1. The van der Waals surface area contributed by atoms with Crippen molar-refractivity contribution in [3.63, 3.8) is 0 Å². The fourth-order valence-corrected chi connectivity index (χ4v) is 2.10. The number of carbonyl (C=O) groups excluding carboxylic acids is 1. The van der Waals surface area contributed by atoms with E-state index in [4.69, 9.17) is 0 Å².